The number of hydrogen-bond acceptors (Lipinski definition) is 4. The summed E-state index contributed by atoms with van der Waals surface area (Å²) in [7, 11) is 0. The molecule has 0 bridgehead atoms. The fourth-order valence-corrected chi connectivity index (χ4v) is 3.47. The first-order chi connectivity index (χ1) is 12.5. The molecule has 2 aromatic rings. The SMILES string of the molecule is CCC(CC)n1nccc1NC(=O)C1CN(C(C)=O)Cc2cccnc21. The van der Waals surface area contributed by atoms with Crippen LogP contribution in [0.2, 0.25) is 0 Å². The van der Waals surface area contributed by atoms with E-state index in [1.807, 2.05) is 16.8 Å². The first kappa shape index (κ1) is 18.1. The van der Waals surface area contributed by atoms with Gasteiger partial charge in [-0.3, -0.25) is 14.6 Å². The van der Waals surface area contributed by atoms with E-state index in [9.17, 15) is 9.59 Å². The summed E-state index contributed by atoms with van der Waals surface area (Å²) in [5, 5.41) is 7.36. The van der Waals surface area contributed by atoms with Crippen LogP contribution >= 0.6 is 0 Å². The zero-order chi connectivity index (χ0) is 18.7. The second kappa shape index (κ2) is 7.68. The predicted octanol–water partition coefficient (Wildman–Crippen LogP) is 2.72. The molecule has 1 N–H and O–H groups in total. The Kier molecular flexibility index (Phi) is 5.35. The Morgan fingerprint density at radius 1 is 1.27 bits per heavy atom. The molecule has 2 aromatic heterocycles. The van der Waals surface area contributed by atoms with Crippen molar-refractivity contribution in [3.05, 3.63) is 41.9 Å². The van der Waals surface area contributed by atoms with Gasteiger partial charge in [-0.15, -0.1) is 0 Å². The highest BCUT2D eigenvalue weighted by Gasteiger charge is 2.33. The van der Waals surface area contributed by atoms with Crippen molar-refractivity contribution in [2.75, 3.05) is 11.9 Å². The molecule has 0 aliphatic carbocycles. The fourth-order valence-electron chi connectivity index (χ4n) is 3.47. The Morgan fingerprint density at radius 3 is 2.73 bits per heavy atom. The molecule has 0 saturated carbocycles. The first-order valence-corrected chi connectivity index (χ1v) is 9.08. The summed E-state index contributed by atoms with van der Waals surface area (Å²) in [6.07, 6.45) is 5.26. The summed E-state index contributed by atoms with van der Waals surface area (Å²) < 4.78 is 1.86. The van der Waals surface area contributed by atoms with Gasteiger partial charge in [0.1, 0.15) is 5.82 Å². The van der Waals surface area contributed by atoms with Gasteiger partial charge >= 0.3 is 0 Å². The summed E-state index contributed by atoms with van der Waals surface area (Å²) >= 11 is 0. The van der Waals surface area contributed by atoms with Crippen LogP contribution in [0.15, 0.2) is 30.6 Å². The average Bonchev–Trinajstić information content (AvgIpc) is 3.09. The minimum absolute atomic E-state index is 0.0422. The molecule has 7 nitrogen and oxygen atoms in total. The van der Waals surface area contributed by atoms with Gasteiger partial charge in [-0.05, 0) is 24.5 Å². The van der Waals surface area contributed by atoms with E-state index in [1.165, 1.54) is 6.92 Å². The quantitative estimate of drug-likeness (QED) is 0.894. The lowest BCUT2D eigenvalue weighted by Crippen LogP contribution is -2.41. The minimum atomic E-state index is -0.492. The van der Waals surface area contributed by atoms with Crippen LogP contribution in [0.5, 0.6) is 0 Å². The molecule has 0 saturated heterocycles. The number of fused-ring (bicyclic) bond motifs is 1. The van der Waals surface area contributed by atoms with Crippen molar-refractivity contribution >= 4 is 17.6 Å². The van der Waals surface area contributed by atoms with Crippen LogP contribution in [-0.4, -0.2) is 38.0 Å². The predicted molar refractivity (Wildman–Crippen MR) is 98.5 cm³/mol. The number of amides is 2. The summed E-state index contributed by atoms with van der Waals surface area (Å²) in [6.45, 7) is 6.57. The lowest BCUT2D eigenvalue weighted by atomic mass is 9.94. The lowest BCUT2D eigenvalue weighted by molar-refractivity contribution is -0.131. The van der Waals surface area contributed by atoms with E-state index in [1.54, 1.807) is 23.4 Å². The Balaban J connectivity index is 1.86. The smallest absolute Gasteiger partial charge is 0.236 e. The number of carbonyl (C=O) groups excluding carboxylic acids is 2. The van der Waals surface area contributed by atoms with Crippen LogP contribution in [-0.2, 0) is 16.1 Å². The van der Waals surface area contributed by atoms with Gasteiger partial charge in [-0.1, -0.05) is 19.9 Å². The van der Waals surface area contributed by atoms with Crippen molar-refractivity contribution in [3.63, 3.8) is 0 Å². The first-order valence-electron chi connectivity index (χ1n) is 9.08. The maximum atomic E-state index is 13.0. The molecule has 0 fully saturated rings. The van der Waals surface area contributed by atoms with Crippen molar-refractivity contribution in [3.8, 4) is 0 Å². The zero-order valence-corrected chi connectivity index (χ0v) is 15.5. The number of aromatic nitrogens is 3. The van der Waals surface area contributed by atoms with Crippen LogP contribution in [0.4, 0.5) is 5.82 Å². The van der Waals surface area contributed by atoms with E-state index in [-0.39, 0.29) is 17.9 Å². The van der Waals surface area contributed by atoms with E-state index >= 15 is 0 Å². The molecule has 26 heavy (non-hydrogen) atoms. The fraction of sp³-hybridized carbons (Fsp3) is 0.474. The second-order valence-electron chi connectivity index (χ2n) is 6.62. The monoisotopic (exact) mass is 355 g/mol. The van der Waals surface area contributed by atoms with Crippen LogP contribution in [0.3, 0.4) is 0 Å². The molecule has 1 aliphatic heterocycles. The number of hydrogen-bond donors (Lipinski definition) is 1. The molecule has 1 unspecified atom stereocenters. The highest BCUT2D eigenvalue weighted by molar-refractivity contribution is 5.96. The van der Waals surface area contributed by atoms with Crippen molar-refractivity contribution in [1.82, 2.24) is 19.7 Å². The van der Waals surface area contributed by atoms with Crippen molar-refractivity contribution in [2.45, 2.75) is 52.1 Å². The zero-order valence-electron chi connectivity index (χ0n) is 15.5. The van der Waals surface area contributed by atoms with E-state index < -0.39 is 5.92 Å². The van der Waals surface area contributed by atoms with E-state index in [0.717, 1.165) is 24.1 Å². The van der Waals surface area contributed by atoms with Crippen LogP contribution in [0, 0.1) is 0 Å². The Bertz CT molecular complexity index is 797. The van der Waals surface area contributed by atoms with Gasteiger partial charge in [-0.2, -0.15) is 5.10 Å². The summed E-state index contributed by atoms with van der Waals surface area (Å²) in [5.74, 6) is -0.0157. The summed E-state index contributed by atoms with van der Waals surface area (Å²) in [4.78, 5) is 31.0. The summed E-state index contributed by atoms with van der Waals surface area (Å²) in [5.41, 5.74) is 1.67. The molecule has 2 amide bonds. The minimum Gasteiger partial charge on any atom is -0.337 e. The van der Waals surface area contributed by atoms with Gasteiger partial charge in [0.2, 0.25) is 11.8 Å². The number of rotatable bonds is 5. The second-order valence-corrected chi connectivity index (χ2v) is 6.62. The molecule has 1 atom stereocenters. The maximum Gasteiger partial charge on any atom is 0.236 e. The normalized spacial score (nSPS) is 16.5. The van der Waals surface area contributed by atoms with Gasteiger partial charge in [0, 0.05) is 32.3 Å². The lowest BCUT2D eigenvalue weighted by Gasteiger charge is -2.32. The number of nitrogens with zero attached hydrogens (tertiary/aromatic N) is 4. The third kappa shape index (κ3) is 3.47. The molecule has 7 heteroatoms. The third-order valence-electron chi connectivity index (χ3n) is 4.99. The van der Waals surface area contributed by atoms with Gasteiger partial charge in [0.15, 0.2) is 0 Å². The standard InChI is InChI=1S/C19H25N5O2/c1-4-15(5-2)24-17(8-10-21-24)22-19(26)16-12-23(13(3)25)11-14-7-6-9-20-18(14)16/h6-10,15-16H,4-5,11-12H2,1-3H3,(H,22,26). The molecule has 0 radical (unpaired) electrons. The van der Waals surface area contributed by atoms with Crippen molar-refractivity contribution in [1.29, 1.82) is 0 Å². The maximum absolute atomic E-state index is 13.0. The van der Waals surface area contributed by atoms with Crippen LogP contribution in [0.25, 0.3) is 0 Å². The number of carbonyl (C=O) groups is 2. The Hall–Kier alpha value is -2.70. The summed E-state index contributed by atoms with van der Waals surface area (Å²) in [6, 6.07) is 5.80. The molecular weight excluding hydrogens is 330 g/mol. The average molecular weight is 355 g/mol. The third-order valence-corrected chi connectivity index (χ3v) is 4.99. The molecule has 3 heterocycles. The molecule has 138 valence electrons. The Morgan fingerprint density at radius 2 is 2.04 bits per heavy atom. The van der Waals surface area contributed by atoms with Crippen molar-refractivity contribution in [2.24, 2.45) is 0 Å². The number of nitrogens with one attached hydrogen (secondary N) is 1. The number of anilines is 1. The molecular formula is C19H25N5O2. The molecule has 1 aliphatic rings. The van der Waals surface area contributed by atoms with E-state index in [4.69, 9.17) is 0 Å². The van der Waals surface area contributed by atoms with Gasteiger partial charge in [0.05, 0.1) is 23.9 Å². The molecule has 0 spiro atoms. The van der Waals surface area contributed by atoms with Crippen LogP contribution < -0.4 is 5.32 Å². The molecule has 3 rings (SSSR count). The highest BCUT2D eigenvalue weighted by atomic mass is 16.2. The topological polar surface area (TPSA) is 80.1 Å². The highest BCUT2D eigenvalue weighted by Crippen LogP contribution is 2.28. The van der Waals surface area contributed by atoms with E-state index in [0.29, 0.717) is 18.9 Å². The van der Waals surface area contributed by atoms with Gasteiger partial charge in [0.25, 0.3) is 0 Å². The van der Waals surface area contributed by atoms with E-state index in [2.05, 4.69) is 29.2 Å². The number of pyridine rings is 1. The Labute approximate surface area is 153 Å². The van der Waals surface area contributed by atoms with Crippen molar-refractivity contribution < 1.29 is 9.59 Å². The van der Waals surface area contributed by atoms with Crippen LogP contribution in [0.1, 0.15) is 56.8 Å². The van der Waals surface area contributed by atoms with Gasteiger partial charge in [-0.25, -0.2) is 4.68 Å². The van der Waals surface area contributed by atoms with Gasteiger partial charge < -0.3 is 10.2 Å². The largest absolute Gasteiger partial charge is 0.337 e. The molecule has 0 aromatic carbocycles.